The summed E-state index contributed by atoms with van der Waals surface area (Å²) < 4.78 is 10.3. The molecule has 14 heteroatoms. The van der Waals surface area contributed by atoms with Crippen LogP contribution in [0.4, 0.5) is 0 Å². The Balaban J connectivity index is 1.88. The van der Waals surface area contributed by atoms with E-state index in [0.29, 0.717) is 6.07 Å². The lowest BCUT2D eigenvalue weighted by Gasteiger charge is -2.39. The highest BCUT2D eigenvalue weighted by atomic mass is 16.7. The summed E-state index contributed by atoms with van der Waals surface area (Å²) in [5.41, 5.74) is -3.74. The van der Waals surface area contributed by atoms with Crippen LogP contribution in [0.2, 0.25) is 0 Å². The van der Waals surface area contributed by atoms with Gasteiger partial charge in [-0.05, 0) is 18.6 Å². The molecule has 14 nitrogen and oxygen atoms in total. The second-order valence-corrected chi connectivity index (χ2v) is 8.22. The van der Waals surface area contributed by atoms with Crippen LogP contribution in [0, 0.1) is 6.92 Å². The molecule has 36 heavy (non-hydrogen) atoms. The van der Waals surface area contributed by atoms with E-state index in [9.17, 15) is 60.3 Å². The monoisotopic (exact) mass is 508 g/mol. The molecule has 2 unspecified atom stereocenters. The molecule has 1 saturated heterocycles. The minimum Gasteiger partial charge on any atom is -0.507 e. The molecular formula is C22H20O14. The van der Waals surface area contributed by atoms with E-state index < -0.39 is 111 Å². The molecule has 5 atom stereocenters. The van der Waals surface area contributed by atoms with Gasteiger partial charge in [-0.25, -0.2) is 4.79 Å². The fourth-order valence-corrected chi connectivity index (χ4v) is 4.32. The van der Waals surface area contributed by atoms with Gasteiger partial charge in [0, 0.05) is 11.1 Å². The molecule has 1 fully saturated rings. The van der Waals surface area contributed by atoms with E-state index >= 15 is 0 Å². The number of carbonyl (C=O) groups is 3. The highest BCUT2D eigenvalue weighted by Crippen LogP contribution is 2.52. The molecule has 4 rings (SSSR count). The fraction of sp³-hybridized carbons (Fsp3) is 0.318. The molecule has 2 aromatic rings. The van der Waals surface area contributed by atoms with E-state index in [0.717, 1.165) is 6.92 Å². The number of hydrogen-bond acceptors (Lipinski definition) is 13. The van der Waals surface area contributed by atoms with Crippen molar-refractivity contribution < 1.29 is 69.8 Å². The highest BCUT2D eigenvalue weighted by molar-refractivity contribution is 6.32. The Hall–Kier alpha value is -3.95. The van der Waals surface area contributed by atoms with Gasteiger partial charge in [-0.1, -0.05) is 0 Å². The summed E-state index contributed by atoms with van der Waals surface area (Å²) in [5.74, 6) is -9.51. The van der Waals surface area contributed by atoms with Gasteiger partial charge in [0.25, 0.3) is 0 Å². The fourth-order valence-electron chi connectivity index (χ4n) is 4.32. The number of aromatic hydroxyl groups is 4. The molecule has 192 valence electrons. The lowest BCUT2D eigenvalue weighted by atomic mass is 9.79. The Kier molecular flexibility index (Phi) is 6.02. The van der Waals surface area contributed by atoms with Crippen molar-refractivity contribution in [2.45, 2.75) is 37.6 Å². The second-order valence-electron chi connectivity index (χ2n) is 8.22. The molecule has 0 saturated carbocycles. The van der Waals surface area contributed by atoms with Crippen LogP contribution in [0.15, 0.2) is 6.07 Å². The number of aliphatic hydroxyl groups excluding tert-OH is 4. The average Bonchev–Trinajstić information content (AvgIpc) is 2.81. The van der Waals surface area contributed by atoms with Crippen molar-refractivity contribution in [3.63, 3.8) is 0 Å². The molecule has 0 radical (unpaired) electrons. The first kappa shape index (κ1) is 25.2. The zero-order chi connectivity index (χ0) is 26.8. The topological polar surface area (TPSA) is 252 Å². The van der Waals surface area contributed by atoms with Crippen molar-refractivity contribution in [3.05, 3.63) is 39.4 Å². The van der Waals surface area contributed by atoms with Crippen LogP contribution in [0.25, 0.3) is 0 Å². The number of phenolic OH excluding ortho intramolecular Hbond substituents is 3. The summed E-state index contributed by atoms with van der Waals surface area (Å²) in [7, 11) is 0. The number of aliphatic hydroxyl groups is 4. The van der Waals surface area contributed by atoms with Crippen LogP contribution in [-0.2, 0) is 4.74 Å². The van der Waals surface area contributed by atoms with Crippen LogP contribution in [-0.4, -0.2) is 101 Å². The molecule has 2 aliphatic rings. The number of ketones is 2. The van der Waals surface area contributed by atoms with Gasteiger partial charge in [0.15, 0.2) is 23.1 Å². The number of rotatable bonds is 4. The number of ether oxygens (including phenoxy) is 2. The van der Waals surface area contributed by atoms with E-state index in [2.05, 4.69) is 0 Å². The van der Waals surface area contributed by atoms with Gasteiger partial charge >= 0.3 is 5.97 Å². The van der Waals surface area contributed by atoms with E-state index in [1.165, 1.54) is 0 Å². The Bertz CT molecular complexity index is 1310. The van der Waals surface area contributed by atoms with Crippen LogP contribution >= 0.6 is 0 Å². The van der Waals surface area contributed by atoms with Gasteiger partial charge in [-0.15, -0.1) is 0 Å². The Labute approximate surface area is 200 Å². The van der Waals surface area contributed by atoms with Crippen LogP contribution in [0.5, 0.6) is 28.7 Å². The van der Waals surface area contributed by atoms with Crippen LogP contribution in [0.3, 0.4) is 0 Å². The quantitative estimate of drug-likeness (QED) is 0.143. The number of benzene rings is 2. The third kappa shape index (κ3) is 3.42. The van der Waals surface area contributed by atoms with Gasteiger partial charge in [-0.3, -0.25) is 9.59 Å². The SMILES string of the molecule is Cc1c(C(=O)O)c(O)cc2c1C(=O)c1c(O)c(O[C@H]3OC(CO)C(O)[C@H](O)[C@@H]3O)c(O)c(O)c1C2=O. The predicted molar refractivity (Wildman–Crippen MR) is 112 cm³/mol. The van der Waals surface area contributed by atoms with Crippen molar-refractivity contribution in [3.8, 4) is 28.7 Å². The zero-order valence-electron chi connectivity index (χ0n) is 18.2. The molecule has 9 N–H and O–H groups in total. The normalized spacial score (nSPS) is 25.3. The number of carbonyl (C=O) groups excluding carboxylic acids is 2. The summed E-state index contributed by atoms with van der Waals surface area (Å²) in [4.78, 5) is 38.0. The Morgan fingerprint density at radius 3 is 2.11 bits per heavy atom. The first-order valence-electron chi connectivity index (χ1n) is 10.3. The number of phenols is 4. The lowest BCUT2D eigenvalue weighted by molar-refractivity contribution is -0.277. The zero-order valence-corrected chi connectivity index (χ0v) is 18.2. The van der Waals surface area contributed by atoms with E-state index in [4.69, 9.17) is 9.47 Å². The van der Waals surface area contributed by atoms with Gasteiger partial charge in [-0.2, -0.15) is 0 Å². The molecule has 2 aromatic carbocycles. The number of hydrogen-bond donors (Lipinski definition) is 9. The van der Waals surface area contributed by atoms with E-state index in [1.54, 1.807) is 0 Å². The van der Waals surface area contributed by atoms with Crippen molar-refractivity contribution >= 4 is 17.5 Å². The largest absolute Gasteiger partial charge is 0.507 e. The van der Waals surface area contributed by atoms with E-state index in [1.807, 2.05) is 0 Å². The third-order valence-corrected chi connectivity index (χ3v) is 6.16. The molecular weight excluding hydrogens is 488 g/mol. The van der Waals surface area contributed by atoms with E-state index in [-0.39, 0.29) is 5.56 Å². The van der Waals surface area contributed by atoms with Crippen LogP contribution in [0.1, 0.15) is 47.8 Å². The highest BCUT2D eigenvalue weighted by Gasteiger charge is 2.47. The number of carboxylic acids is 1. The van der Waals surface area contributed by atoms with Crippen molar-refractivity contribution in [2.75, 3.05) is 6.61 Å². The molecule has 1 aliphatic carbocycles. The molecule has 0 aromatic heterocycles. The van der Waals surface area contributed by atoms with Gasteiger partial charge in [0.1, 0.15) is 35.7 Å². The predicted octanol–water partition coefficient (Wildman–Crippen LogP) is -1.53. The molecule has 1 aliphatic heterocycles. The summed E-state index contributed by atoms with van der Waals surface area (Å²) in [5, 5.41) is 90.5. The summed E-state index contributed by atoms with van der Waals surface area (Å²) >= 11 is 0. The van der Waals surface area contributed by atoms with Crippen molar-refractivity contribution in [1.82, 2.24) is 0 Å². The minimum absolute atomic E-state index is 0.315. The first-order valence-corrected chi connectivity index (χ1v) is 10.3. The maximum atomic E-state index is 13.3. The Morgan fingerprint density at radius 2 is 1.53 bits per heavy atom. The lowest BCUT2D eigenvalue weighted by Crippen LogP contribution is -2.60. The maximum absolute atomic E-state index is 13.3. The molecule has 0 bridgehead atoms. The maximum Gasteiger partial charge on any atom is 0.339 e. The second kappa shape index (κ2) is 8.61. The molecule has 0 spiro atoms. The Morgan fingerprint density at radius 1 is 0.917 bits per heavy atom. The van der Waals surface area contributed by atoms with Crippen molar-refractivity contribution in [2.24, 2.45) is 0 Å². The van der Waals surface area contributed by atoms with Gasteiger partial charge < -0.3 is 55.4 Å². The molecule has 0 amide bonds. The third-order valence-electron chi connectivity index (χ3n) is 6.16. The standard InChI is InChI=1S/C22H20O14/c1-4-8-5(2-6(24)9(4)21(33)34)12(25)10-11(14(8)27)16(29)20(18(31)15(10)28)36-22-19(32)17(30)13(26)7(3-23)35-22/h2,7,13,17,19,22-24,26,28-32H,3H2,1H3,(H,33,34)/t7?,13?,17-,19-,22+/m0/s1. The number of aromatic carboxylic acids is 1. The van der Waals surface area contributed by atoms with Gasteiger partial charge in [0.05, 0.1) is 17.7 Å². The van der Waals surface area contributed by atoms with Gasteiger partial charge in [0.2, 0.25) is 17.8 Å². The molecule has 1 heterocycles. The minimum atomic E-state index is -2.00. The van der Waals surface area contributed by atoms with Crippen molar-refractivity contribution in [1.29, 1.82) is 0 Å². The van der Waals surface area contributed by atoms with Crippen LogP contribution < -0.4 is 4.74 Å². The summed E-state index contributed by atoms with van der Waals surface area (Å²) in [6, 6.07) is 0.709. The number of fused-ring (bicyclic) bond motifs is 2. The number of carboxylic acid groups (broad SMARTS) is 1. The summed E-state index contributed by atoms with van der Waals surface area (Å²) in [6.45, 7) is 0.306. The smallest absolute Gasteiger partial charge is 0.339 e. The summed E-state index contributed by atoms with van der Waals surface area (Å²) in [6.07, 6.45) is -9.06. The first-order chi connectivity index (χ1) is 16.8. The average molecular weight is 508 g/mol.